The van der Waals surface area contributed by atoms with Gasteiger partial charge in [0.05, 0.1) is 16.5 Å². The molecule has 0 N–H and O–H groups in total. The van der Waals surface area contributed by atoms with Crippen molar-refractivity contribution >= 4 is 16.9 Å². The lowest BCUT2D eigenvalue weighted by atomic mass is 10.2. The average molecular weight is 299 g/mol. The van der Waals surface area contributed by atoms with Crippen molar-refractivity contribution in [2.45, 2.75) is 6.92 Å². The van der Waals surface area contributed by atoms with E-state index in [0.717, 1.165) is 0 Å². The fraction of sp³-hybridized carbons (Fsp3) is 0.0625. The molecule has 0 aliphatic carbocycles. The fourth-order valence-electron chi connectivity index (χ4n) is 2.03. The van der Waals surface area contributed by atoms with Crippen molar-refractivity contribution in [3.63, 3.8) is 0 Å². The van der Waals surface area contributed by atoms with Crippen LogP contribution in [0.15, 0.2) is 51.7 Å². The van der Waals surface area contributed by atoms with Gasteiger partial charge in [-0.05, 0) is 30.3 Å². The first-order chi connectivity index (χ1) is 10.5. The summed E-state index contributed by atoms with van der Waals surface area (Å²) in [5.41, 5.74) is -0.256. The van der Waals surface area contributed by atoms with Crippen LogP contribution >= 0.6 is 0 Å². The second-order valence-electron chi connectivity index (χ2n) is 4.56. The highest BCUT2D eigenvalue weighted by molar-refractivity contribution is 5.81. The molecule has 0 spiro atoms. The van der Waals surface area contributed by atoms with Crippen LogP contribution in [0.5, 0.6) is 5.75 Å². The summed E-state index contributed by atoms with van der Waals surface area (Å²) < 4.78 is 23.7. The number of esters is 1. The van der Waals surface area contributed by atoms with Crippen molar-refractivity contribution in [1.82, 2.24) is 4.98 Å². The van der Waals surface area contributed by atoms with Crippen molar-refractivity contribution in [3.05, 3.63) is 58.7 Å². The molecular formula is C16H10FNO4. The van der Waals surface area contributed by atoms with E-state index in [1.165, 1.54) is 43.3 Å². The third-order valence-corrected chi connectivity index (χ3v) is 2.97. The largest absolute Gasteiger partial charge is 0.427 e. The molecule has 6 heteroatoms. The quantitative estimate of drug-likeness (QED) is 0.537. The molecule has 3 rings (SSSR count). The number of hydrogen-bond acceptors (Lipinski definition) is 5. The van der Waals surface area contributed by atoms with Crippen LogP contribution in [0.2, 0.25) is 0 Å². The van der Waals surface area contributed by atoms with Gasteiger partial charge in [0, 0.05) is 6.92 Å². The monoisotopic (exact) mass is 299 g/mol. The van der Waals surface area contributed by atoms with E-state index in [2.05, 4.69) is 4.98 Å². The third kappa shape index (κ3) is 2.58. The van der Waals surface area contributed by atoms with Gasteiger partial charge in [0.15, 0.2) is 0 Å². The van der Waals surface area contributed by atoms with Crippen molar-refractivity contribution in [1.29, 1.82) is 0 Å². The van der Waals surface area contributed by atoms with E-state index in [1.54, 1.807) is 6.07 Å². The molecule has 0 radical (unpaired) electrons. The summed E-state index contributed by atoms with van der Waals surface area (Å²) in [7, 11) is 0. The molecule has 2 aromatic carbocycles. The molecule has 0 bridgehead atoms. The number of hydrogen-bond donors (Lipinski definition) is 0. The van der Waals surface area contributed by atoms with Crippen LogP contribution in [0.25, 0.3) is 22.4 Å². The maximum absolute atomic E-state index is 13.8. The number of ether oxygens (including phenoxy) is 1. The SMILES string of the molecule is CC(=O)Oc1ccc2nc(-c3ccccc3F)oc(=O)c2c1. The minimum atomic E-state index is -0.683. The first-order valence-corrected chi connectivity index (χ1v) is 6.43. The van der Waals surface area contributed by atoms with Crippen molar-refractivity contribution in [2.24, 2.45) is 0 Å². The smallest absolute Gasteiger partial charge is 0.347 e. The number of nitrogens with zero attached hydrogens (tertiary/aromatic N) is 1. The molecule has 0 atom stereocenters. The molecule has 0 amide bonds. The van der Waals surface area contributed by atoms with Gasteiger partial charge in [0.1, 0.15) is 11.6 Å². The molecule has 0 saturated carbocycles. The van der Waals surface area contributed by atoms with E-state index in [9.17, 15) is 14.0 Å². The molecule has 1 aromatic heterocycles. The van der Waals surface area contributed by atoms with Gasteiger partial charge in [-0.25, -0.2) is 14.2 Å². The standard InChI is InChI=1S/C16H10FNO4/c1-9(19)21-10-6-7-14-12(8-10)16(20)22-15(18-14)11-4-2-3-5-13(11)17/h2-8H,1H3. The predicted octanol–water partition coefficient (Wildman–Crippen LogP) is 2.92. The van der Waals surface area contributed by atoms with Gasteiger partial charge in [-0.2, -0.15) is 0 Å². The summed E-state index contributed by atoms with van der Waals surface area (Å²) in [6.07, 6.45) is 0. The molecule has 0 aliphatic rings. The summed E-state index contributed by atoms with van der Waals surface area (Å²) in [6, 6.07) is 10.2. The van der Waals surface area contributed by atoms with Crippen LogP contribution in [0, 0.1) is 5.82 Å². The van der Waals surface area contributed by atoms with Gasteiger partial charge in [-0.1, -0.05) is 12.1 Å². The highest BCUT2D eigenvalue weighted by atomic mass is 19.1. The van der Waals surface area contributed by atoms with E-state index in [0.29, 0.717) is 5.52 Å². The van der Waals surface area contributed by atoms with E-state index >= 15 is 0 Å². The van der Waals surface area contributed by atoms with Crippen LogP contribution in [0.3, 0.4) is 0 Å². The molecule has 0 saturated heterocycles. The van der Waals surface area contributed by atoms with Gasteiger partial charge in [0.2, 0.25) is 5.89 Å². The van der Waals surface area contributed by atoms with E-state index in [4.69, 9.17) is 9.15 Å². The lowest BCUT2D eigenvalue weighted by Crippen LogP contribution is -2.06. The van der Waals surface area contributed by atoms with Crippen LogP contribution in [-0.4, -0.2) is 11.0 Å². The second-order valence-corrected chi connectivity index (χ2v) is 4.56. The zero-order valence-corrected chi connectivity index (χ0v) is 11.5. The first kappa shape index (κ1) is 13.9. The topological polar surface area (TPSA) is 69.4 Å². The summed E-state index contributed by atoms with van der Waals surface area (Å²) >= 11 is 0. The number of halogens is 1. The zero-order chi connectivity index (χ0) is 15.7. The number of aromatic nitrogens is 1. The number of benzene rings is 2. The number of carbonyl (C=O) groups excluding carboxylic acids is 1. The normalized spacial score (nSPS) is 10.6. The Kier molecular flexibility index (Phi) is 3.42. The lowest BCUT2D eigenvalue weighted by molar-refractivity contribution is -0.131. The Hall–Kier alpha value is -3.02. The maximum Gasteiger partial charge on any atom is 0.347 e. The highest BCUT2D eigenvalue weighted by Crippen LogP contribution is 2.23. The van der Waals surface area contributed by atoms with Crippen molar-refractivity contribution in [3.8, 4) is 17.2 Å². The molecule has 3 aromatic rings. The number of carbonyl (C=O) groups is 1. The van der Waals surface area contributed by atoms with Gasteiger partial charge in [-0.15, -0.1) is 0 Å². The fourth-order valence-corrected chi connectivity index (χ4v) is 2.03. The van der Waals surface area contributed by atoms with Crippen LogP contribution in [0.1, 0.15) is 6.92 Å². The summed E-state index contributed by atoms with van der Waals surface area (Å²) in [6.45, 7) is 1.26. The summed E-state index contributed by atoms with van der Waals surface area (Å²) in [5.74, 6) is -0.919. The molecule has 0 fully saturated rings. The molecular weight excluding hydrogens is 289 g/mol. The Morgan fingerprint density at radius 1 is 1.23 bits per heavy atom. The summed E-state index contributed by atoms with van der Waals surface area (Å²) in [5, 5.41) is 0.152. The Balaban J connectivity index is 2.16. The number of rotatable bonds is 2. The van der Waals surface area contributed by atoms with Crippen LogP contribution in [0.4, 0.5) is 4.39 Å². The Morgan fingerprint density at radius 3 is 2.73 bits per heavy atom. The van der Waals surface area contributed by atoms with E-state index in [-0.39, 0.29) is 22.6 Å². The molecule has 5 nitrogen and oxygen atoms in total. The maximum atomic E-state index is 13.8. The third-order valence-electron chi connectivity index (χ3n) is 2.97. The Morgan fingerprint density at radius 2 is 2.00 bits per heavy atom. The van der Waals surface area contributed by atoms with E-state index < -0.39 is 17.4 Å². The van der Waals surface area contributed by atoms with Gasteiger partial charge in [0.25, 0.3) is 0 Å². The minimum absolute atomic E-state index is 0.101. The summed E-state index contributed by atoms with van der Waals surface area (Å²) in [4.78, 5) is 27.1. The van der Waals surface area contributed by atoms with Gasteiger partial charge in [-0.3, -0.25) is 4.79 Å². The molecule has 0 aliphatic heterocycles. The van der Waals surface area contributed by atoms with Crippen LogP contribution in [-0.2, 0) is 4.79 Å². The predicted molar refractivity (Wildman–Crippen MR) is 77.0 cm³/mol. The molecule has 1 heterocycles. The van der Waals surface area contributed by atoms with Gasteiger partial charge < -0.3 is 9.15 Å². The zero-order valence-electron chi connectivity index (χ0n) is 11.5. The Labute approximate surface area is 124 Å². The molecule has 110 valence electrons. The molecule has 0 unspecified atom stereocenters. The second kappa shape index (κ2) is 5.40. The first-order valence-electron chi connectivity index (χ1n) is 6.43. The van der Waals surface area contributed by atoms with E-state index in [1.807, 2.05) is 0 Å². The van der Waals surface area contributed by atoms with Crippen molar-refractivity contribution < 1.29 is 18.3 Å². The lowest BCUT2D eigenvalue weighted by Gasteiger charge is -2.04. The van der Waals surface area contributed by atoms with Gasteiger partial charge >= 0.3 is 11.6 Å². The van der Waals surface area contributed by atoms with Crippen LogP contribution < -0.4 is 10.4 Å². The minimum Gasteiger partial charge on any atom is -0.427 e. The average Bonchev–Trinajstić information content (AvgIpc) is 2.47. The molecule has 22 heavy (non-hydrogen) atoms. The Bertz CT molecular complexity index is 933. The van der Waals surface area contributed by atoms with Crippen molar-refractivity contribution in [2.75, 3.05) is 0 Å². The highest BCUT2D eigenvalue weighted by Gasteiger charge is 2.13. The number of fused-ring (bicyclic) bond motifs is 1.